The van der Waals surface area contributed by atoms with Crippen molar-refractivity contribution >= 4 is 39.0 Å². The molecule has 0 aliphatic carbocycles. The Labute approximate surface area is 132 Å². The van der Waals surface area contributed by atoms with Gasteiger partial charge in [0.25, 0.3) is 0 Å². The molecule has 3 rings (SSSR count). The van der Waals surface area contributed by atoms with Gasteiger partial charge < -0.3 is 5.32 Å². The minimum absolute atomic E-state index is 0.521. The number of aromatic nitrogens is 4. The number of nitrogens with one attached hydrogen (secondary N) is 1. The van der Waals surface area contributed by atoms with Crippen LogP contribution in [0.2, 0.25) is 5.02 Å². The average molecular weight is 322 g/mol. The average Bonchev–Trinajstić information content (AvgIpc) is 3.06. The largest absolute Gasteiger partial charge is 0.369 e. The zero-order valence-corrected chi connectivity index (χ0v) is 13.5. The molecule has 0 bridgehead atoms. The minimum atomic E-state index is 0.521. The van der Waals surface area contributed by atoms with E-state index in [0.717, 1.165) is 40.5 Å². The molecule has 0 amide bonds. The Bertz CT molecular complexity index is 764. The molecule has 3 aromatic rings. The molecular formula is C14H16ClN5S. The standard InChI is InChI=1S/C14H16ClN5S/c1-3-5-16-13-10-4-6-21-14(10)19-12(18-13)8-20-9(2)11(15)7-17-20/h4,6-7H,3,5,8H2,1-2H3,(H,16,18,19). The fourth-order valence-electron chi connectivity index (χ4n) is 2.07. The molecule has 0 saturated carbocycles. The third-order valence-electron chi connectivity index (χ3n) is 3.25. The maximum atomic E-state index is 6.04. The lowest BCUT2D eigenvalue weighted by molar-refractivity contribution is 0.640. The third kappa shape index (κ3) is 2.87. The van der Waals surface area contributed by atoms with E-state index in [-0.39, 0.29) is 0 Å². The highest BCUT2D eigenvalue weighted by Crippen LogP contribution is 2.25. The molecule has 21 heavy (non-hydrogen) atoms. The second kappa shape index (κ2) is 5.99. The molecule has 110 valence electrons. The van der Waals surface area contributed by atoms with Gasteiger partial charge in [0.15, 0.2) is 5.82 Å². The Balaban J connectivity index is 1.96. The van der Waals surface area contributed by atoms with Gasteiger partial charge in [-0.05, 0) is 24.8 Å². The number of hydrogen-bond acceptors (Lipinski definition) is 5. The molecule has 0 saturated heterocycles. The molecule has 0 unspecified atom stereocenters. The summed E-state index contributed by atoms with van der Waals surface area (Å²) < 4.78 is 1.82. The van der Waals surface area contributed by atoms with E-state index in [0.29, 0.717) is 11.6 Å². The number of nitrogens with zero attached hydrogens (tertiary/aromatic N) is 4. The van der Waals surface area contributed by atoms with Gasteiger partial charge >= 0.3 is 0 Å². The first-order valence-corrected chi connectivity index (χ1v) is 8.10. The van der Waals surface area contributed by atoms with Crippen molar-refractivity contribution in [1.29, 1.82) is 0 Å². The third-order valence-corrected chi connectivity index (χ3v) is 4.43. The summed E-state index contributed by atoms with van der Waals surface area (Å²) in [7, 11) is 0. The fourth-order valence-corrected chi connectivity index (χ4v) is 2.99. The Morgan fingerprint density at radius 3 is 2.95 bits per heavy atom. The summed E-state index contributed by atoms with van der Waals surface area (Å²) in [6.07, 6.45) is 2.70. The zero-order chi connectivity index (χ0) is 14.8. The quantitative estimate of drug-likeness (QED) is 0.778. The van der Waals surface area contributed by atoms with Crippen molar-refractivity contribution < 1.29 is 0 Å². The number of thiophene rings is 1. The Kier molecular flexibility index (Phi) is 4.07. The van der Waals surface area contributed by atoms with E-state index in [2.05, 4.69) is 33.4 Å². The van der Waals surface area contributed by atoms with E-state index in [4.69, 9.17) is 11.6 Å². The Morgan fingerprint density at radius 1 is 1.38 bits per heavy atom. The van der Waals surface area contributed by atoms with Crippen molar-refractivity contribution in [3.05, 3.63) is 34.2 Å². The number of anilines is 1. The van der Waals surface area contributed by atoms with Crippen LogP contribution in [0.15, 0.2) is 17.6 Å². The highest BCUT2D eigenvalue weighted by molar-refractivity contribution is 7.16. The van der Waals surface area contributed by atoms with Gasteiger partial charge in [-0.1, -0.05) is 18.5 Å². The molecule has 7 heteroatoms. The Hall–Kier alpha value is -1.66. The van der Waals surface area contributed by atoms with Crippen molar-refractivity contribution in [1.82, 2.24) is 19.7 Å². The van der Waals surface area contributed by atoms with Gasteiger partial charge in [0.2, 0.25) is 0 Å². The summed E-state index contributed by atoms with van der Waals surface area (Å²) in [4.78, 5) is 10.2. The Morgan fingerprint density at radius 2 is 2.24 bits per heavy atom. The molecule has 0 radical (unpaired) electrons. The molecule has 1 N–H and O–H groups in total. The predicted octanol–water partition coefficient (Wildman–Crippen LogP) is 3.72. The fraction of sp³-hybridized carbons (Fsp3) is 0.357. The highest BCUT2D eigenvalue weighted by Gasteiger charge is 2.11. The zero-order valence-electron chi connectivity index (χ0n) is 11.9. The number of rotatable bonds is 5. The van der Waals surface area contributed by atoms with E-state index < -0.39 is 0 Å². The molecule has 0 aliphatic rings. The summed E-state index contributed by atoms with van der Waals surface area (Å²) in [5.41, 5.74) is 0.926. The summed E-state index contributed by atoms with van der Waals surface area (Å²) >= 11 is 7.66. The van der Waals surface area contributed by atoms with Crippen LogP contribution in [-0.2, 0) is 6.54 Å². The molecule has 0 atom stereocenters. The van der Waals surface area contributed by atoms with Gasteiger partial charge in [-0.2, -0.15) is 5.10 Å². The van der Waals surface area contributed by atoms with Gasteiger partial charge in [-0.15, -0.1) is 11.3 Å². The van der Waals surface area contributed by atoms with E-state index in [1.54, 1.807) is 17.5 Å². The smallest absolute Gasteiger partial charge is 0.153 e. The lowest BCUT2D eigenvalue weighted by Crippen LogP contribution is -2.10. The van der Waals surface area contributed by atoms with Crippen LogP contribution in [0.3, 0.4) is 0 Å². The van der Waals surface area contributed by atoms with Gasteiger partial charge in [-0.3, -0.25) is 4.68 Å². The molecule has 0 fully saturated rings. The summed E-state index contributed by atoms with van der Waals surface area (Å²) in [5, 5.41) is 11.4. The van der Waals surface area contributed by atoms with Crippen molar-refractivity contribution in [2.45, 2.75) is 26.8 Å². The number of hydrogen-bond donors (Lipinski definition) is 1. The summed E-state index contributed by atoms with van der Waals surface area (Å²) in [5.74, 6) is 1.64. The van der Waals surface area contributed by atoms with Crippen molar-refractivity contribution in [3.63, 3.8) is 0 Å². The molecule has 0 aliphatic heterocycles. The van der Waals surface area contributed by atoms with Crippen molar-refractivity contribution in [3.8, 4) is 0 Å². The molecule has 0 aromatic carbocycles. The second-order valence-electron chi connectivity index (χ2n) is 4.79. The van der Waals surface area contributed by atoms with Gasteiger partial charge in [0, 0.05) is 6.54 Å². The first-order valence-electron chi connectivity index (χ1n) is 6.85. The van der Waals surface area contributed by atoms with Crippen LogP contribution in [-0.4, -0.2) is 26.3 Å². The van der Waals surface area contributed by atoms with Crippen LogP contribution in [0.5, 0.6) is 0 Å². The van der Waals surface area contributed by atoms with Crippen molar-refractivity contribution in [2.24, 2.45) is 0 Å². The first-order chi connectivity index (χ1) is 10.2. The van der Waals surface area contributed by atoms with Gasteiger partial charge in [-0.25, -0.2) is 9.97 Å². The van der Waals surface area contributed by atoms with E-state index in [1.807, 2.05) is 17.0 Å². The normalized spacial score (nSPS) is 11.2. The SMILES string of the molecule is CCCNc1nc(Cn2ncc(Cl)c2C)nc2sccc12. The number of halogens is 1. The van der Waals surface area contributed by atoms with Crippen LogP contribution in [0.1, 0.15) is 24.9 Å². The van der Waals surface area contributed by atoms with Gasteiger partial charge in [0.05, 0.1) is 22.3 Å². The van der Waals surface area contributed by atoms with E-state index in [9.17, 15) is 0 Å². The topological polar surface area (TPSA) is 55.6 Å². The first kappa shape index (κ1) is 14.3. The molecular weight excluding hydrogens is 306 g/mol. The maximum Gasteiger partial charge on any atom is 0.153 e. The maximum absolute atomic E-state index is 6.04. The van der Waals surface area contributed by atoms with E-state index in [1.165, 1.54) is 0 Å². The van der Waals surface area contributed by atoms with Crippen LogP contribution < -0.4 is 5.32 Å². The lowest BCUT2D eigenvalue weighted by atomic mass is 10.3. The second-order valence-corrected chi connectivity index (χ2v) is 6.09. The van der Waals surface area contributed by atoms with Crippen LogP contribution in [0, 0.1) is 6.92 Å². The summed E-state index contributed by atoms with van der Waals surface area (Å²) in [6, 6.07) is 2.05. The van der Waals surface area contributed by atoms with Gasteiger partial charge in [0.1, 0.15) is 17.2 Å². The number of fused-ring (bicyclic) bond motifs is 1. The molecule has 3 heterocycles. The van der Waals surface area contributed by atoms with Crippen molar-refractivity contribution in [2.75, 3.05) is 11.9 Å². The minimum Gasteiger partial charge on any atom is -0.369 e. The summed E-state index contributed by atoms with van der Waals surface area (Å²) in [6.45, 7) is 5.49. The molecule has 5 nitrogen and oxygen atoms in total. The van der Waals surface area contributed by atoms with Crippen LogP contribution in [0.4, 0.5) is 5.82 Å². The molecule has 0 spiro atoms. The van der Waals surface area contributed by atoms with E-state index >= 15 is 0 Å². The lowest BCUT2D eigenvalue weighted by Gasteiger charge is -2.09. The van der Waals surface area contributed by atoms with Crippen LogP contribution >= 0.6 is 22.9 Å². The molecule has 3 aromatic heterocycles. The predicted molar refractivity (Wildman–Crippen MR) is 87.3 cm³/mol. The highest BCUT2D eigenvalue weighted by atomic mass is 35.5. The van der Waals surface area contributed by atoms with Crippen LogP contribution in [0.25, 0.3) is 10.2 Å². The monoisotopic (exact) mass is 321 g/mol.